The number of hydrogen-bond acceptors (Lipinski definition) is 4. The van der Waals surface area contributed by atoms with Crippen LogP contribution < -0.4 is 10.5 Å². The normalized spacial score (nSPS) is 10.1. The van der Waals surface area contributed by atoms with Crippen molar-refractivity contribution in [2.45, 2.75) is 0 Å². The van der Waals surface area contributed by atoms with E-state index in [1.807, 2.05) is 22.6 Å². The molecule has 0 bridgehead atoms. The molecular weight excluding hydrogens is 324 g/mol. The second kappa shape index (κ2) is 4.60. The maximum atomic E-state index is 12.8. The third kappa shape index (κ3) is 2.38. The third-order valence-electron chi connectivity index (χ3n) is 1.81. The molecule has 4 nitrogen and oxygen atoms in total. The second-order valence-corrected chi connectivity index (χ2v) is 4.12. The highest BCUT2D eigenvalue weighted by atomic mass is 127. The SMILES string of the molecule is Nc1cc(F)ccc1Oc1ncncc1I. The smallest absolute Gasteiger partial charge is 0.235 e. The number of rotatable bonds is 2. The Morgan fingerprint density at radius 2 is 2.19 bits per heavy atom. The molecule has 0 aliphatic carbocycles. The highest BCUT2D eigenvalue weighted by molar-refractivity contribution is 14.1. The average molecular weight is 331 g/mol. The van der Waals surface area contributed by atoms with E-state index in [4.69, 9.17) is 10.5 Å². The fourth-order valence-corrected chi connectivity index (χ4v) is 1.50. The van der Waals surface area contributed by atoms with E-state index in [9.17, 15) is 4.39 Å². The van der Waals surface area contributed by atoms with Crippen molar-refractivity contribution in [1.29, 1.82) is 0 Å². The number of halogens is 2. The summed E-state index contributed by atoms with van der Waals surface area (Å²) in [5.74, 6) is 0.370. The van der Waals surface area contributed by atoms with Crippen LogP contribution in [0.1, 0.15) is 0 Å². The van der Waals surface area contributed by atoms with Crippen molar-refractivity contribution >= 4 is 28.3 Å². The molecule has 0 saturated heterocycles. The van der Waals surface area contributed by atoms with E-state index < -0.39 is 5.82 Å². The number of ether oxygens (including phenoxy) is 1. The molecular formula is C10H7FIN3O. The first-order valence-electron chi connectivity index (χ1n) is 4.35. The van der Waals surface area contributed by atoms with Crippen molar-refractivity contribution in [3.8, 4) is 11.6 Å². The zero-order chi connectivity index (χ0) is 11.5. The molecule has 1 aromatic heterocycles. The van der Waals surface area contributed by atoms with Crippen molar-refractivity contribution in [2.75, 3.05) is 5.73 Å². The van der Waals surface area contributed by atoms with E-state index in [0.717, 1.165) is 3.57 Å². The quantitative estimate of drug-likeness (QED) is 0.679. The number of nitrogens with zero attached hydrogens (tertiary/aromatic N) is 2. The summed E-state index contributed by atoms with van der Waals surface area (Å²) in [6.07, 6.45) is 2.99. The van der Waals surface area contributed by atoms with Crippen LogP contribution in [0.25, 0.3) is 0 Å². The molecule has 0 fully saturated rings. The van der Waals surface area contributed by atoms with Gasteiger partial charge in [0.05, 0.1) is 9.26 Å². The van der Waals surface area contributed by atoms with Gasteiger partial charge in [-0.3, -0.25) is 0 Å². The highest BCUT2D eigenvalue weighted by Gasteiger charge is 2.07. The van der Waals surface area contributed by atoms with E-state index in [0.29, 0.717) is 11.6 Å². The molecule has 0 aliphatic rings. The molecule has 0 radical (unpaired) electrons. The molecule has 0 unspecified atom stereocenters. The van der Waals surface area contributed by atoms with Crippen LogP contribution in [-0.2, 0) is 0 Å². The molecule has 0 atom stereocenters. The Kier molecular flexibility index (Phi) is 3.18. The summed E-state index contributed by atoms with van der Waals surface area (Å²) in [6.45, 7) is 0. The second-order valence-electron chi connectivity index (χ2n) is 2.96. The van der Waals surface area contributed by atoms with Gasteiger partial charge in [-0.05, 0) is 34.7 Å². The number of aromatic nitrogens is 2. The third-order valence-corrected chi connectivity index (χ3v) is 2.55. The maximum absolute atomic E-state index is 12.8. The molecule has 2 rings (SSSR count). The highest BCUT2D eigenvalue weighted by Crippen LogP contribution is 2.28. The summed E-state index contributed by atoms with van der Waals surface area (Å²) in [6, 6.07) is 3.94. The van der Waals surface area contributed by atoms with Crippen LogP contribution in [0.2, 0.25) is 0 Å². The van der Waals surface area contributed by atoms with Gasteiger partial charge in [-0.25, -0.2) is 14.4 Å². The van der Waals surface area contributed by atoms with Crippen LogP contribution >= 0.6 is 22.6 Å². The topological polar surface area (TPSA) is 61.0 Å². The summed E-state index contributed by atoms with van der Waals surface area (Å²) in [7, 11) is 0. The summed E-state index contributed by atoms with van der Waals surface area (Å²) in [5.41, 5.74) is 5.84. The monoisotopic (exact) mass is 331 g/mol. The molecule has 0 amide bonds. The van der Waals surface area contributed by atoms with Crippen molar-refractivity contribution in [1.82, 2.24) is 9.97 Å². The zero-order valence-corrected chi connectivity index (χ0v) is 10.2. The van der Waals surface area contributed by atoms with Crippen molar-refractivity contribution < 1.29 is 9.13 Å². The lowest BCUT2D eigenvalue weighted by molar-refractivity contribution is 0.458. The van der Waals surface area contributed by atoms with Crippen LogP contribution in [0, 0.1) is 9.39 Å². The number of hydrogen-bond donors (Lipinski definition) is 1. The Hall–Kier alpha value is -1.44. The number of benzene rings is 1. The molecule has 1 heterocycles. The van der Waals surface area contributed by atoms with E-state index in [1.54, 1.807) is 6.20 Å². The van der Waals surface area contributed by atoms with Gasteiger partial charge >= 0.3 is 0 Å². The fourth-order valence-electron chi connectivity index (χ4n) is 1.09. The lowest BCUT2D eigenvalue weighted by atomic mass is 10.3. The van der Waals surface area contributed by atoms with Gasteiger partial charge in [0.15, 0.2) is 5.75 Å². The Bertz CT molecular complexity index is 521. The van der Waals surface area contributed by atoms with Gasteiger partial charge in [0.25, 0.3) is 0 Å². The first-order chi connectivity index (χ1) is 7.66. The summed E-state index contributed by atoms with van der Waals surface area (Å²) in [5, 5.41) is 0. The molecule has 2 aromatic rings. The Morgan fingerprint density at radius 3 is 2.88 bits per heavy atom. The lowest BCUT2D eigenvalue weighted by Gasteiger charge is -2.08. The van der Waals surface area contributed by atoms with Crippen LogP contribution in [0.15, 0.2) is 30.7 Å². The largest absolute Gasteiger partial charge is 0.436 e. The fraction of sp³-hybridized carbons (Fsp3) is 0. The van der Waals surface area contributed by atoms with Crippen molar-refractivity contribution in [3.05, 3.63) is 40.1 Å². The van der Waals surface area contributed by atoms with Crippen molar-refractivity contribution in [2.24, 2.45) is 0 Å². The molecule has 1 aromatic carbocycles. The van der Waals surface area contributed by atoms with Gasteiger partial charge < -0.3 is 10.5 Å². The Morgan fingerprint density at radius 1 is 1.38 bits per heavy atom. The molecule has 6 heteroatoms. The minimum atomic E-state index is -0.401. The van der Waals surface area contributed by atoms with Crippen LogP contribution in [0.5, 0.6) is 11.6 Å². The van der Waals surface area contributed by atoms with Crippen molar-refractivity contribution in [3.63, 3.8) is 0 Å². The van der Waals surface area contributed by atoms with Gasteiger partial charge in [0, 0.05) is 12.3 Å². The summed E-state index contributed by atoms with van der Waals surface area (Å²) < 4.78 is 19.0. The predicted octanol–water partition coefficient (Wildman–Crippen LogP) is 2.59. The van der Waals surface area contributed by atoms with Crippen LogP contribution in [0.3, 0.4) is 0 Å². The molecule has 16 heavy (non-hydrogen) atoms. The zero-order valence-electron chi connectivity index (χ0n) is 8.02. The van der Waals surface area contributed by atoms with Crippen LogP contribution in [-0.4, -0.2) is 9.97 Å². The number of anilines is 1. The van der Waals surface area contributed by atoms with Crippen LogP contribution in [0.4, 0.5) is 10.1 Å². The van der Waals surface area contributed by atoms with Gasteiger partial charge in [0.2, 0.25) is 5.88 Å². The Balaban J connectivity index is 2.31. The van der Waals surface area contributed by atoms with E-state index >= 15 is 0 Å². The standard InChI is InChI=1S/C10H7FIN3O/c11-6-1-2-9(8(13)3-6)16-10-7(12)4-14-5-15-10/h1-5H,13H2. The molecule has 2 N–H and O–H groups in total. The minimum absolute atomic E-state index is 0.231. The average Bonchev–Trinajstić information content (AvgIpc) is 2.25. The van der Waals surface area contributed by atoms with E-state index in [-0.39, 0.29) is 5.69 Å². The molecule has 0 aliphatic heterocycles. The van der Waals surface area contributed by atoms with E-state index in [2.05, 4.69) is 9.97 Å². The molecule has 82 valence electrons. The lowest BCUT2D eigenvalue weighted by Crippen LogP contribution is -1.96. The molecule has 0 saturated carbocycles. The van der Waals surface area contributed by atoms with Gasteiger partial charge in [-0.1, -0.05) is 0 Å². The number of nitrogen functional groups attached to an aromatic ring is 1. The van der Waals surface area contributed by atoms with Gasteiger partial charge in [0.1, 0.15) is 12.1 Å². The van der Waals surface area contributed by atoms with E-state index in [1.165, 1.54) is 24.5 Å². The van der Waals surface area contributed by atoms with Gasteiger partial charge in [-0.2, -0.15) is 0 Å². The van der Waals surface area contributed by atoms with Gasteiger partial charge in [-0.15, -0.1) is 0 Å². The number of nitrogens with two attached hydrogens (primary N) is 1. The summed E-state index contributed by atoms with van der Waals surface area (Å²) >= 11 is 2.04. The molecule has 0 spiro atoms. The summed E-state index contributed by atoms with van der Waals surface area (Å²) in [4.78, 5) is 7.78. The first kappa shape index (κ1) is 11.1. The Labute approximate surface area is 105 Å². The maximum Gasteiger partial charge on any atom is 0.235 e. The predicted molar refractivity (Wildman–Crippen MR) is 65.6 cm³/mol. The minimum Gasteiger partial charge on any atom is -0.436 e. The first-order valence-corrected chi connectivity index (χ1v) is 5.43.